The Hall–Kier alpha value is -3.52. The first kappa shape index (κ1) is 20.4. The smallest absolute Gasteiger partial charge is 0.196 e. The molecule has 0 saturated carbocycles. The first-order valence-corrected chi connectivity index (χ1v) is 10.7. The molecule has 1 aliphatic rings. The Balaban J connectivity index is 1.41. The molecule has 7 nitrogen and oxygen atoms in total. The fourth-order valence-corrected chi connectivity index (χ4v) is 4.18. The summed E-state index contributed by atoms with van der Waals surface area (Å²) >= 11 is 0. The SMILES string of the molecule is Cc1cccc(-n2cc(CN3CCN(c4nonc4C)CC3)c(-c3cccc(F)c3)n2)c1. The Labute approximate surface area is 186 Å². The highest BCUT2D eigenvalue weighted by atomic mass is 19.1. The lowest BCUT2D eigenvalue weighted by molar-refractivity contribution is 0.247. The Morgan fingerprint density at radius 1 is 0.969 bits per heavy atom. The van der Waals surface area contributed by atoms with Gasteiger partial charge in [-0.25, -0.2) is 13.7 Å². The summed E-state index contributed by atoms with van der Waals surface area (Å²) in [5.41, 5.74) is 5.64. The van der Waals surface area contributed by atoms with Crippen LogP contribution in [0.2, 0.25) is 0 Å². The van der Waals surface area contributed by atoms with E-state index in [4.69, 9.17) is 9.73 Å². The van der Waals surface area contributed by atoms with E-state index in [-0.39, 0.29) is 5.82 Å². The van der Waals surface area contributed by atoms with Gasteiger partial charge in [0.1, 0.15) is 11.5 Å². The van der Waals surface area contributed by atoms with Gasteiger partial charge < -0.3 is 4.90 Å². The maximum Gasteiger partial charge on any atom is 0.196 e. The van der Waals surface area contributed by atoms with Crippen LogP contribution in [0, 0.1) is 19.7 Å². The minimum Gasteiger partial charge on any atom is -0.350 e. The highest BCUT2D eigenvalue weighted by molar-refractivity contribution is 5.63. The molecule has 1 saturated heterocycles. The van der Waals surface area contributed by atoms with E-state index in [0.29, 0.717) is 0 Å². The van der Waals surface area contributed by atoms with E-state index in [2.05, 4.69) is 45.4 Å². The minimum absolute atomic E-state index is 0.260. The van der Waals surface area contributed by atoms with E-state index in [0.717, 1.165) is 66.7 Å². The van der Waals surface area contributed by atoms with Crippen LogP contribution in [0.25, 0.3) is 16.9 Å². The third-order valence-corrected chi connectivity index (χ3v) is 5.85. The monoisotopic (exact) mass is 432 g/mol. The van der Waals surface area contributed by atoms with Gasteiger partial charge in [-0.1, -0.05) is 29.4 Å². The van der Waals surface area contributed by atoms with Crippen molar-refractivity contribution in [3.63, 3.8) is 0 Å². The van der Waals surface area contributed by atoms with Gasteiger partial charge in [-0.3, -0.25) is 4.90 Å². The average molecular weight is 433 g/mol. The molecule has 1 fully saturated rings. The third kappa shape index (κ3) is 4.13. The molecule has 1 aliphatic heterocycles. The Morgan fingerprint density at radius 2 is 1.78 bits per heavy atom. The third-order valence-electron chi connectivity index (χ3n) is 5.85. The zero-order valence-electron chi connectivity index (χ0n) is 18.2. The lowest BCUT2D eigenvalue weighted by Gasteiger charge is -2.34. The van der Waals surface area contributed by atoms with Crippen molar-refractivity contribution in [1.29, 1.82) is 0 Å². The molecule has 164 valence electrons. The van der Waals surface area contributed by atoms with Crippen molar-refractivity contribution in [1.82, 2.24) is 25.0 Å². The molecule has 5 rings (SSSR count). The first-order chi connectivity index (χ1) is 15.6. The molecule has 4 aromatic rings. The predicted molar refractivity (Wildman–Crippen MR) is 120 cm³/mol. The lowest BCUT2D eigenvalue weighted by atomic mass is 10.1. The number of hydrogen-bond donors (Lipinski definition) is 0. The van der Waals surface area contributed by atoms with Crippen LogP contribution in [0.3, 0.4) is 0 Å². The van der Waals surface area contributed by atoms with Gasteiger partial charge in [-0.05, 0) is 48.8 Å². The molecule has 0 spiro atoms. The minimum atomic E-state index is -0.260. The molecule has 2 aromatic carbocycles. The maximum absolute atomic E-state index is 14.0. The fourth-order valence-electron chi connectivity index (χ4n) is 4.18. The number of hydrogen-bond acceptors (Lipinski definition) is 6. The van der Waals surface area contributed by atoms with Gasteiger partial charge in [-0.15, -0.1) is 0 Å². The van der Waals surface area contributed by atoms with Crippen molar-refractivity contribution in [2.45, 2.75) is 20.4 Å². The molecule has 0 N–H and O–H groups in total. The quantitative estimate of drug-likeness (QED) is 0.475. The summed E-state index contributed by atoms with van der Waals surface area (Å²) in [6, 6.07) is 14.9. The highest BCUT2D eigenvalue weighted by Crippen LogP contribution is 2.27. The van der Waals surface area contributed by atoms with Crippen molar-refractivity contribution >= 4 is 5.82 Å². The zero-order valence-corrected chi connectivity index (χ0v) is 18.2. The van der Waals surface area contributed by atoms with Crippen LogP contribution in [0.5, 0.6) is 0 Å². The highest BCUT2D eigenvalue weighted by Gasteiger charge is 2.23. The zero-order chi connectivity index (χ0) is 22.1. The summed E-state index contributed by atoms with van der Waals surface area (Å²) < 4.78 is 20.7. The number of aryl methyl sites for hydroxylation is 2. The van der Waals surface area contributed by atoms with E-state index in [9.17, 15) is 4.39 Å². The molecule has 0 atom stereocenters. The molecule has 0 amide bonds. The van der Waals surface area contributed by atoms with Crippen LogP contribution in [0.4, 0.5) is 10.2 Å². The van der Waals surface area contributed by atoms with Gasteiger partial charge >= 0.3 is 0 Å². The summed E-state index contributed by atoms with van der Waals surface area (Å²) in [6.45, 7) is 8.15. The number of nitrogens with zero attached hydrogens (tertiary/aromatic N) is 6. The standard InChI is InChI=1S/C24H25FN6O/c1-17-5-3-8-22(13-17)31-16-20(23(26-31)19-6-4-7-21(25)14-19)15-29-9-11-30(12-10-29)24-18(2)27-32-28-24/h3-8,13-14,16H,9-12,15H2,1-2H3. The van der Waals surface area contributed by atoms with Crippen molar-refractivity contribution < 1.29 is 9.02 Å². The number of aromatic nitrogens is 4. The average Bonchev–Trinajstić information content (AvgIpc) is 3.41. The maximum atomic E-state index is 14.0. The summed E-state index contributed by atoms with van der Waals surface area (Å²) in [5.74, 6) is 0.557. The summed E-state index contributed by atoms with van der Waals surface area (Å²) in [4.78, 5) is 4.59. The second-order valence-electron chi connectivity index (χ2n) is 8.23. The number of benzene rings is 2. The molecule has 8 heteroatoms. The molecular formula is C24H25FN6O. The summed E-state index contributed by atoms with van der Waals surface area (Å²) in [7, 11) is 0. The Morgan fingerprint density at radius 3 is 2.50 bits per heavy atom. The van der Waals surface area contributed by atoms with E-state index < -0.39 is 0 Å². The second-order valence-corrected chi connectivity index (χ2v) is 8.23. The van der Waals surface area contributed by atoms with Gasteiger partial charge in [0.2, 0.25) is 0 Å². The topological polar surface area (TPSA) is 63.2 Å². The summed E-state index contributed by atoms with van der Waals surface area (Å²) in [6.07, 6.45) is 2.06. The molecule has 0 unspecified atom stereocenters. The molecule has 0 aliphatic carbocycles. The molecule has 0 bridgehead atoms. The van der Waals surface area contributed by atoms with E-state index in [1.807, 2.05) is 29.8 Å². The van der Waals surface area contributed by atoms with Crippen molar-refractivity contribution in [2.24, 2.45) is 0 Å². The number of rotatable bonds is 5. The number of halogens is 1. The Kier molecular flexibility index (Phi) is 5.45. The van der Waals surface area contributed by atoms with E-state index >= 15 is 0 Å². The van der Waals surface area contributed by atoms with Crippen molar-refractivity contribution in [3.8, 4) is 16.9 Å². The fraction of sp³-hybridized carbons (Fsp3) is 0.292. The van der Waals surface area contributed by atoms with Crippen molar-refractivity contribution in [3.05, 3.63) is 77.4 Å². The second kappa shape index (κ2) is 8.55. The van der Waals surface area contributed by atoms with Crippen LogP contribution >= 0.6 is 0 Å². The van der Waals surface area contributed by atoms with Gasteiger partial charge in [-0.2, -0.15) is 5.10 Å². The van der Waals surface area contributed by atoms with Gasteiger partial charge in [0, 0.05) is 50.0 Å². The number of piperazine rings is 1. The van der Waals surface area contributed by atoms with Gasteiger partial charge in [0.05, 0.1) is 11.4 Å². The number of anilines is 1. The first-order valence-electron chi connectivity index (χ1n) is 10.7. The molecule has 2 aromatic heterocycles. The van der Waals surface area contributed by atoms with Crippen molar-refractivity contribution in [2.75, 3.05) is 31.1 Å². The van der Waals surface area contributed by atoms with Crippen LogP contribution < -0.4 is 4.90 Å². The van der Waals surface area contributed by atoms with Crippen LogP contribution in [0.15, 0.2) is 59.4 Å². The molecule has 0 radical (unpaired) electrons. The van der Waals surface area contributed by atoms with Gasteiger partial charge in [0.25, 0.3) is 0 Å². The lowest BCUT2D eigenvalue weighted by Crippen LogP contribution is -2.46. The Bertz CT molecular complexity index is 1220. The molecule has 3 heterocycles. The van der Waals surface area contributed by atoms with Gasteiger partial charge in [0.15, 0.2) is 5.82 Å². The normalized spacial score (nSPS) is 14.8. The van der Waals surface area contributed by atoms with Crippen LogP contribution in [-0.2, 0) is 6.54 Å². The predicted octanol–water partition coefficient (Wildman–Crippen LogP) is 4.00. The largest absolute Gasteiger partial charge is 0.350 e. The molecular weight excluding hydrogens is 407 g/mol. The van der Waals surface area contributed by atoms with Crippen LogP contribution in [0.1, 0.15) is 16.8 Å². The summed E-state index contributed by atoms with van der Waals surface area (Å²) in [5, 5.41) is 12.8. The van der Waals surface area contributed by atoms with E-state index in [1.54, 1.807) is 12.1 Å². The molecule has 32 heavy (non-hydrogen) atoms. The van der Waals surface area contributed by atoms with Crippen LogP contribution in [-0.4, -0.2) is 51.2 Å². The van der Waals surface area contributed by atoms with E-state index in [1.165, 1.54) is 11.6 Å².